The van der Waals surface area contributed by atoms with E-state index in [1.54, 1.807) is 6.07 Å². The molecule has 29 heavy (non-hydrogen) atoms. The van der Waals surface area contributed by atoms with Gasteiger partial charge in [-0.05, 0) is 26.2 Å². The average Bonchev–Trinajstić information content (AvgIpc) is 2.93. The number of hydrogen-bond donors (Lipinski definition) is 0. The first-order chi connectivity index (χ1) is 13.2. The molecule has 0 unspecified atom stereocenters. The number of benzene rings is 1. The van der Waals surface area contributed by atoms with Crippen LogP contribution in [-0.4, -0.2) is 25.8 Å². The first-order valence-corrected chi connectivity index (χ1v) is 16.1. The van der Waals surface area contributed by atoms with Gasteiger partial charge in [0.1, 0.15) is 0 Å². The quantitative estimate of drug-likeness (QED) is 0.372. The van der Waals surface area contributed by atoms with Gasteiger partial charge in [0.2, 0.25) is 0 Å². The van der Waals surface area contributed by atoms with Gasteiger partial charge in [-0.2, -0.15) is 0 Å². The maximum absolute atomic E-state index is 12.6. The first-order valence-electron chi connectivity index (χ1n) is 9.01. The van der Waals surface area contributed by atoms with Crippen molar-refractivity contribution in [3.63, 3.8) is 0 Å². The number of aryl methyl sites for hydroxylation is 1. The van der Waals surface area contributed by atoms with Gasteiger partial charge in [0.15, 0.2) is 16.6 Å². The minimum atomic E-state index is -4.29. The Morgan fingerprint density at radius 3 is 2.03 bits per heavy atom. The average molecular weight is 622 g/mol. The molecule has 0 saturated heterocycles. The van der Waals surface area contributed by atoms with E-state index < -0.39 is 28.4 Å². The summed E-state index contributed by atoms with van der Waals surface area (Å²) < 4.78 is 48.5. The molecule has 0 aliphatic heterocycles. The molecule has 1 heterocycles. The third-order valence-corrected chi connectivity index (χ3v) is 11.7. The zero-order valence-corrected chi connectivity index (χ0v) is 21.8. The summed E-state index contributed by atoms with van der Waals surface area (Å²) in [6.45, 7) is 16.6. The van der Waals surface area contributed by atoms with Crippen LogP contribution in [0.2, 0.25) is 26.2 Å². The molecule has 2 rings (SSSR count). The molecular formula is C20H29F3N2OPtSi2. The van der Waals surface area contributed by atoms with E-state index in [2.05, 4.69) is 58.7 Å². The number of hydrogen-bond acceptors (Lipinski definition) is 1. The van der Waals surface area contributed by atoms with Crippen molar-refractivity contribution in [2.24, 2.45) is 7.05 Å². The van der Waals surface area contributed by atoms with Gasteiger partial charge in [0.25, 0.3) is 0 Å². The SMILES string of the molecule is C=C[Si](C)(C)O[Si](C)(C)C=C.Cn1ccn(Cc2cccc(C(F)(F)F)c2)[c]1=[Pt]. The Labute approximate surface area is 184 Å². The normalized spacial score (nSPS) is 12.2. The van der Waals surface area contributed by atoms with Crippen molar-refractivity contribution in [3.8, 4) is 0 Å². The molecule has 1 aromatic carbocycles. The van der Waals surface area contributed by atoms with Crippen LogP contribution >= 0.6 is 0 Å². The van der Waals surface area contributed by atoms with Crippen molar-refractivity contribution in [2.75, 3.05) is 0 Å². The fraction of sp³-hybridized carbons (Fsp3) is 0.350. The van der Waals surface area contributed by atoms with E-state index in [0.717, 1.165) is 9.87 Å². The van der Waals surface area contributed by atoms with E-state index in [9.17, 15) is 13.2 Å². The van der Waals surface area contributed by atoms with Crippen LogP contribution < -0.4 is 0 Å². The van der Waals surface area contributed by atoms with Crippen molar-refractivity contribution in [2.45, 2.75) is 38.9 Å². The van der Waals surface area contributed by atoms with Crippen LogP contribution in [0.25, 0.3) is 0 Å². The van der Waals surface area contributed by atoms with E-state index in [1.807, 2.05) is 40.0 Å². The van der Waals surface area contributed by atoms with Gasteiger partial charge in [-0.1, -0.05) is 11.4 Å². The Morgan fingerprint density at radius 2 is 1.62 bits per heavy atom. The van der Waals surface area contributed by atoms with Crippen LogP contribution in [0.4, 0.5) is 13.2 Å². The fourth-order valence-corrected chi connectivity index (χ4v) is 9.02. The zero-order valence-electron chi connectivity index (χ0n) is 17.5. The molecule has 0 radical (unpaired) electrons. The molecule has 9 heteroatoms. The van der Waals surface area contributed by atoms with E-state index in [-0.39, 0.29) is 0 Å². The standard InChI is InChI=1S/C12H11F3N2.C8H18OSi2.Pt/c1-16-5-6-17(9-16)8-10-3-2-4-11(7-10)12(13,14)15;1-7-10(3,4)9-11(5,6)8-2;/h2-7H,8H2,1H3;7-8H,1-2H2,3-6H3;. The van der Waals surface area contributed by atoms with Gasteiger partial charge in [-0.3, -0.25) is 0 Å². The van der Waals surface area contributed by atoms with E-state index >= 15 is 0 Å². The summed E-state index contributed by atoms with van der Waals surface area (Å²) >= 11 is 2.14. The Kier molecular flexibility index (Phi) is 9.08. The van der Waals surface area contributed by atoms with Gasteiger partial charge in [-0.15, -0.1) is 13.2 Å². The molecule has 3 nitrogen and oxygen atoms in total. The van der Waals surface area contributed by atoms with Gasteiger partial charge in [0, 0.05) is 0 Å². The molecule has 0 N–H and O–H groups in total. The maximum atomic E-state index is 12.6. The number of nitrogens with zero attached hydrogens (tertiary/aromatic N) is 2. The summed E-state index contributed by atoms with van der Waals surface area (Å²) in [4.78, 5) is 0. The topological polar surface area (TPSA) is 19.1 Å². The Hall–Kier alpha value is -1.22. The van der Waals surface area contributed by atoms with E-state index in [4.69, 9.17) is 4.12 Å². The first kappa shape index (κ1) is 25.8. The van der Waals surface area contributed by atoms with Crippen molar-refractivity contribution in [3.05, 3.63) is 76.1 Å². The summed E-state index contributed by atoms with van der Waals surface area (Å²) in [6.07, 6.45) is -0.566. The number of alkyl halides is 3. The van der Waals surface area contributed by atoms with Crippen molar-refractivity contribution < 1.29 is 36.6 Å². The molecule has 0 aliphatic rings. The monoisotopic (exact) mass is 621 g/mol. The second-order valence-electron chi connectivity index (χ2n) is 7.69. The summed E-state index contributed by atoms with van der Waals surface area (Å²) in [7, 11) is -1.26. The van der Waals surface area contributed by atoms with Crippen molar-refractivity contribution in [1.29, 1.82) is 0 Å². The number of imidazole rings is 1. The predicted octanol–water partition coefficient (Wildman–Crippen LogP) is 5.84. The molecule has 2 aromatic rings. The Balaban J connectivity index is 0.000000331. The van der Waals surface area contributed by atoms with Gasteiger partial charge < -0.3 is 4.12 Å². The summed E-state index contributed by atoms with van der Waals surface area (Å²) in [6, 6.07) is 5.42. The molecular weight excluding hydrogens is 592 g/mol. The summed E-state index contributed by atoms with van der Waals surface area (Å²) in [5, 5.41) is 0. The van der Waals surface area contributed by atoms with Crippen molar-refractivity contribution in [1.82, 2.24) is 9.13 Å². The Bertz CT molecular complexity index is 884. The third kappa shape index (κ3) is 8.58. The van der Waals surface area contributed by atoms with E-state index in [0.29, 0.717) is 12.1 Å². The van der Waals surface area contributed by atoms with Crippen LogP contribution in [0.15, 0.2) is 61.2 Å². The molecule has 0 saturated carbocycles. The van der Waals surface area contributed by atoms with Gasteiger partial charge >= 0.3 is 113 Å². The molecule has 1 aromatic heterocycles. The summed E-state index contributed by atoms with van der Waals surface area (Å²) in [5.74, 6) is 0. The fourth-order valence-electron chi connectivity index (χ4n) is 2.41. The van der Waals surface area contributed by atoms with Crippen LogP contribution in [-0.2, 0) is 43.2 Å². The van der Waals surface area contributed by atoms with Crippen molar-refractivity contribution >= 4 is 16.6 Å². The van der Waals surface area contributed by atoms with Crippen LogP contribution in [0, 0.1) is 3.80 Å². The molecule has 0 amide bonds. The predicted molar refractivity (Wildman–Crippen MR) is 114 cm³/mol. The number of rotatable bonds is 6. The molecule has 0 spiro atoms. The third-order valence-electron chi connectivity index (χ3n) is 4.08. The molecule has 0 fully saturated rings. The molecule has 164 valence electrons. The zero-order chi connectivity index (χ0) is 22.5. The molecule has 0 bridgehead atoms. The Morgan fingerprint density at radius 1 is 1.07 bits per heavy atom. The van der Waals surface area contributed by atoms with Gasteiger partial charge in [-0.25, -0.2) is 0 Å². The van der Waals surface area contributed by atoms with Gasteiger partial charge in [0.05, 0.1) is 0 Å². The molecule has 0 atom stereocenters. The van der Waals surface area contributed by atoms with Crippen LogP contribution in [0.5, 0.6) is 0 Å². The van der Waals surface area contributed by atoms with E-state index in [1.165, 1.54) is 12.1 Å². The second kappa shape index (κ2) is 10.2. The second-order valence-corrected chi connectivity index (χ2v) is 16.8. The van der Waals surface area contributed by atoms with Crippen LogP contribution in [0.1, 0.15) is 11.1 Å². The summed E-state index contributed by atoms with van der Waals surface area (Å²) in [5.41, 5.74) is 3.96. The number of aromatic nitrogens is 2. The van der Waals surface area contributed by atoms with Crippen LogP contribution in [0.3, 0.4) is 0 Å². The number of halogens is 3. The molecule has 0 aliphatic carbocycles. The minimum absolute atomic E-state index is 0.434.